The molecule has 1 aromatic heterocycles. The Hall–Kier alpha value is -3.03. The van der Waals surface area contributed by atoms with Crippen LogP contribution in [0.1, 0.15) is 32.3 Å². The number of hydrogen-bond donors (Lipinski definition) is 0. The molecular weight excluding hydrogens is 480 g/mol. The van der Waals surface area contributed by atoms with E-state index in [1.54, 1.807) is 0 Å². The van der Waals surface area contributed by atoms with E-state index in [0.29, 0.717) is 22.3 Å². The SMILES string of the molecule is CCOc1ccc(-c2nn(-c3ccccc3)cc2C=C2SC(N3CCC(C)CC3)=NC2=O)cc1Cl. The van der Waals surface area contributed by atoms with Gasteiger partial charge in [-0.3, -0.25) is 4.79 Å². The Morgan fingerprint density at radius 1 is 1.17 bits per heavy atom. The molecule has 0 radical (unpaired) electrons. The Labute approximate surface area is 214 Å². The van der Waals surface area contributed by atoms with E-state index in [9.17, 15) is 4.79 Å². The number of halogens is 1. The number of likely N-dealkylation sites (tertiary alicyclic amines) is 1. The van der Waals surface area contributed by atoms with Crippen molar-refractivity contribution in [2.45, 2.75) is 26.7 Å². The number of amides is 1. The molecule has 1 amide bonds. The highest BCUT2D eigenvalue weighted by Crippen LogP contribution is 2.36. The van der Waals surface area contributed by atoms with Crippen molar-refractivity contribution in [1.82, 2.24) is 14.7 Å². The lowest BCUT2D eigenvalue weighted by Gasteiger charge is -2.30. The van der Waals surface area contributed by atoms with Gasteiger partial charge in [-0.15, -0.1) is 0 Å². The highest BCUT2D eigenvalue weighted by atomic mass is 35.5. The van der Waals surface area contributed by atoms with Crippen molar-refractivity contribution in [3.05, 3.63) is 70.2 Å². The van der Waals surface area contributed by atoms with Gasteiger partial charge in [0.2, 0.25) is 0 Å². The van der Waals surface area contributed by atoms with E-state index in [2.05, 4.69) is 16.8 Å². The summed E-state index contributed by atoms with van der Waals surface area (Å²) < 4.78 is 7.42. The Morgan fingerprint density at radius 2 is 1.94 bits per heavy atom. The summed E-state index contributed by atoms with van der Waals surface area (Å²) in [7, 11) is 0. The molecule has 35 heavy (non-hydrogen) atoms. The molecule has 3 heterocycles. The van der Waals surface area contributed by atoms with Crippen LogP contribution in [-0.4, -0.2) is 45.5 Å². The average Bonchev–Trinajstić information content (AvgIpc) is 3.45. The number of carbonyl (C=O) groups is 1. The lowest BCUT2D eigenvalue weighted by atomic mass is 10.00. The van der Waals surface area contributed by atoms with Crippen LogP contribution in [0.4, 0.5) is 0 Å². The summed E-state index contributed by atoms with van der Waals surface area (Å²) in [5.74, 6) is 1.15. The number of ether oxygens (including phenoxy) is 1. The van der Waals surface area contributed by atoms with Gasteiger partial charge in [-0.2, -0.15) is 10.1 Å². The van der Waals surface area contributed by atoms with Gasteiger partial charge in [0, 0.05) is 30.4 Å². The molecule has 1 fully saturated rings. The Morgan fingerprint density at radius 3 is 2.66 bits per heavy atom. The van der Waals surface area contributed by atoms with Crippen LogP contribution in [-0.2, 0) is 4.79 Å². The Kier molecular flexibility index (Phi) is 6.97. The molecule has 0 bridgehead atoms. The highest BCUT2D eigenvalue weighted by molar-refractivity contribution is 8.18. The number of aromatic nitrogens is 2. The smallest absolute Gasteiger partial charge is 0.286 e. The molecule has 1 saturated heterocycles. The predicted octanol–water partition coefficient (Wildman–Crippen LogP) is 6.29. The van der Waals surface area contributed by atoms with E-state index in [0.717, 1.165) is 59.5 Å². The van der Waals surface area contributed by atoms with Crippen LogP contribution in [0.15, 0.2) is 64.6 Å². The Balaban J connectivity index is 1.50. The van der Waals surface area contributed by atoms with E-state index < -0.39 is 0 Å². The minimum absolute atomic E-state index is 0.202. The highest BCUT2D eigenvalue weighted by Gasteiger charge is 2.28. The molecule has 2 aliphatic heterocycles. The fourth-order valence-corrected chi connectivity index (χ4v) is 5.42. The van der Waals surface area contributed by atoms with E-state index in [4.69, 9.17) is 21.4 Å². The molecule has 180 valence electrons. The van der Waals surface area contributed by atoms with E-state index in [1.165, 1.54) is 11.8 Å². The molecule has 5 rings (SSSR count). The number of thioether (sulfide) groups is 1. The molecule has 2 aromatic carbocycles. The summed E-state index contributed by atoms with van der Waals surface area (Å²) in [6.45, 7) is 6.62. The van der Waals surface area contributed by atoms with Crippen molar-refractivity contribution in [3.63, 3.8) is 0 Å². The number of rotatable bonds is 5. The second-order valence-electron chi connectivity index (χ2n) is 8.77. The van der Waals surface area contributed by atoms with Gasteiger partial charge >= 0.3 is 0 Å². The van der Waals surface area contributed by atoms with Crippen LogP contribution < -0.4 is 4.74 Å². The Bertz CT molecular complexity index is 1290. The number of amidine groups is 1. The summed E-state index contributed by atoms with van der Waals surface area (Å²) in [6, 6.07) is 15.5. The van der Waals surface area contributed by atoms with Crippen molar-refractivity contribution >= 4 is 40.5 Å². The molecule has 0 saturated carbocycles. The second-order valence-corrected chi connectivity index (χ2v) is 10.2. The first kappa shape index (κ1) is 23.7. The van der Waals surface area contributed by atoms with Crippen molar-refractivity contribution in [2.75, 3.05) is 19.7 Å². The summed E-state index contributed by atoms with van der Waals surface area (Å²) in [5.41, 5.74) is 3.34. The summed E-state index contributed by atoms with van der Waals surface area (Å²) in [4.78, 5) is 20.0. The molecule has 0 aliphatic carbocycles. The van der Waals surface area contributed by atoms with Gasteiger partial charge in [0.1, 0.15) is 11.4 Å². The molecule has 0 spiro atoms. The number of benzene rings is 2. The third-order valence-electron chi connectivity index (χ3n) is 6.22. The third kappa shape index (κ3) is 5.16. The number of hydrogen-bond acceptors (Lipinski definition) is 5. The predicted molar refractivity (Wildman–Crippen MR) is 143 cm³/mol. The lowest BCUT2D eigenvalue weighted by molar-refractivity contribution is -0.113. The maximum atomic E-state index is 12.8. The van der Waals surface area contributed by atoms with E-state index >= 15 is 0 Å². The molecule has 0 unspecified atom stereocenters. The maximum absolute atomic E-state index is 12.8. The summed E-state index contributed by atoms with van der Waals surface area (Å²) in [6.07, 6.45) is 6.08. The number of carbonyl (C=O) groups excluding carboxylic acids is 1. The molecule has 3 aromatic rings. The van der Waals surface area contributed by atoms with Crippen LogP contribution in [0.25, 0.3) is 23.0 Å². The van der Waals surface area contributed by atoms with Gasteiger partial charge in [0.05, 0.1) is 22.2 Å². The molecule has 0 N–H and O–H groups in total. The van der Waals surface area contributed by atoms with Crippen LogP contribution in [0.5, 0.6) is 5.75 Å². The molecular formula is C27H27ClN4O2S. The van der Waals surface area contributed by atoms with Crippen molar-refractivity contribution in [3.8, 4) is 22.7 Å². The van der Waals surface area contributed by atoms with Gasteiger partial charge in [0.15, 0.2) is 5.17 Å². The normalized spacial score (nSPS) is 17.8. The zero-order chi connectivity index (χ0) is 24.4. The third-order valence-corrected chi connectivity index (χ3v) is 7.56. The first-order valence-corrected chi connectivity index (χ1v) is 13.1. The minimum Gasteiger partial charge on any atom is -0.492 e. The maximum Gasteiger partial charge on any atom is 0.286 e. The topological polar surface area (TPSA) is 59.7 Å². The van der Waals surface area contributed by atoms with Crippen LogP contribution in [0.2, 0.25) is 5.02 Å². The first-order valence-electron chi connectivity index (χ1n) is 11.9. The van der Waals surface area contributed by atoms with Gasteiger partial charge in [-0.1, -0.05) is 36.7 Å². The standard InChI is InChI=1S/C27H27ClN4O2S/c1-3-34-23-10-9-19(15-22(23)28)25-20(17-32(30-25)21-7-5-4-6-8-21)16-24-26(33)29-27(35-24)31-13-11-18(2)12-14-31/h4-10,15-18H,3,11-14H2,1-2H3. The molecule has 8 heteroatoms. The largest absolute Gasteiger partial charge is 0.492 e. The van der Waals surface area contributed by atoms with Crippen LogP contribution in [0, 0.1) is 5.92 Å². The van der Waals surface area contributed by atoms with Gasteiger partial charge < -0.3 is 9.64 Å². The first-order chi connectivity index (χ1) is 17.0. The number of nitrogens with zero attached hydrogens (tertiary/aromatic N) is 4. The van der Waals surface area contributed by atoms with E-state index in [-0.39, 0.29) is 5.91 Å². The van der Waals surface area contributed by atoms with E-state index in [1.807, 2.05) is 72.4 Å². The van der Waals surface area contributed by atoms with Gasteiger partial charge in [-0.05, 0) is 73.9 Å². The average molecular weight is 507 g/mol. The lowest BCUT2D eigenvalue weighted by Crippen LogP contribution is -2.35. The zero-order valence-corrected chi connectivity index (χ0v) is 21.4. The van der Waals surface area contributed by atoms with Gasteiger partial charge in [0.25, 0.3) is 5.91 Å². The minimum atomic E-state index is -0.202. The van der Waals surface area contributed by atoms with Crippen LogP contribution >= 0.6 is 23.4 Å². The monoisotopic (exact) mass is 506 g/mol. The van der Waals surface area contributed by atoms with Crippen LogP contribution in [0.3, 0.4) is 0 Å². The molecule has 0 atom stereocenters. The zero-order valence-electron chi connectivity index (χ0n) is 19.8. The summed E-state index contributed by atoms with van der Waals surface area (Å²) >= 11 is 7.93. The second kappa shape index (κ2) is 10.3. The fourth-order valence-electron chi connectivity index (χ4n) is 4.23. The quantitative estimate of drug-likeness (QED) is 0.380. The summed E-state index contributed by atoms with van der Waals surface area (Å²) in [5, 5.41) is 6.18. The van der Waals surface area contributed by atoms with Crippen molar-refractivity contribution < 1.29 is 9.53 Å². The molecule has 2 aliphatic rings. The van der Waals surface area contributed by atoms with Crippen molar-refractivity contribution in [1.29, 1.82) is 0 Å². The number of para-hydroxylation sites is 1. The number of piperidine rings is 1. The van der Waals surface area contributed by atoms with Crippen molar-refractivity contribution in [2.24, 2.45) is 10.9 Å². The molecule has 6 nitrogen and oxygen atoms in total. The van der Waals surface area contributed by atoms with Gasteiger partial charge in [-0.25, -0.2) is 4.68 Å². The fraction of sp³-hybridized carbons (Fsp3) is 0.296. The number of aliphatic imine (C=N–C) groups is 1.